The molecular weight excluding hydrogens is 288 g/mol. The zero-order valence-electron chi connectivity index (χ0n) is 10.9. The molecule has 0 saturated heterocycles. The summed E-state index contributed by atoms with van der Waals surface area (Å²) in [6.45, 7) is 3.63. The highest BCUT2D eigenvalue weighted by Crippen LogP contribution is 2.24. The fourth-order valence-electron chi connectivity index (χ4n) is 1.74. The van der Waals surface area contributed by atoms with Crippen LogP contribution in [-0.2, 0) is 10.0 Å². The van der Waals surface area contributed by atoms with E-state index in [1.807, 2.05) is 13.8 Å². The second kappa shape index (κ2) is 6.56. The van der Waals surface area contributed by atoms with Crippen molar-refractivity contribution < 1.29 is 13.5 Å². The monoisotopic (exact) mass is 306 g/mol. The molecule has 1 atom stereocenters. The lowest BCUT2D eigenvalue weighted by atomic mass is 10.1. The summed E-state index contributed by atoms with van der Waals surface area (Å²) in [6.07, 6.45) is 0.537. The zero-order valence-corrected chi connectivity index (χ0v) is 12.5. The van der Waals surface area contributed by atoms with Crippen LogP contribution in [0, 0.1) is 5.92 Å². The summed E-state index contributed by atoms with van der Waals surface area (Å²) in [7, 11) is -3.79. The van der Waals surface area contributed by atoms with Gasteiger partial charge in [-0.15, -0.1) is 0 Å². The third-order valence-corrected chi connectivity index (χ3v) is 4.54. The third kappa shape index (κ3) is 4.65. The number of aliphatic hydroxyl groups is 1. The van der Waals surface area contributed by atoms with E-state index in [0.717, 1.165) is 0 Å². The summed E-state index contributed by atoms with van der Waals surface area (Å²) < 4.78 is 26.8. The Bertz CT molecular complexity index is 532. The topological polar surface area (TPSA) is 92.4 Å². The van der Waals surface area contributed by atoms with E-state index in [1.54, 1.807) is 0 Å². The predicted molar refractivity (Wildman–Crippen MR) is 76.5 cm³/mol. The molecular formula is C12H19ClN2O3S. The van der Waals surface area contributed by atoms with Crippen molar-refractivity contribution in [3.8, 4) is 0 Å². The molecule has 0 aliphatic heterocycles. The van der Waals surface area contributed by atoms with Crippen LogP contribution in [0.15, 0.2) is 23.1 Å². The SMILES string of the molecule is CC(C)CC(CO)NS(=O)(=O)c1cc(N)ccc1Cl. The minimum atomic E-state index is -3.79. The molecule has 1 rings (SSSR count). The quantitative estimate of drug-likeness (QED) is 0.696. The lowest BCUT2D eigenvalue weighted by Gasteiger charge is -2.18. The first-order chi connectivity index (χ1) is 8.76. The van der Waals surface area contributed by atoms with Crippen molar-refractivity contribution in [3.05, 3.63) is 23.2 Å². The number of sulfonamides is 1. The number of halogens is 1. The van der Waals surface area contributed by atoms with Crippen molar-refractivity contribution >= 4 is 27.3 Å². The van der Waals surface area contributed by atoms with Crippen LogP contribution < -0.4 is 10.5 Å². The van der Waals surface area contributed by atoms with Gasteiger partial charge >= 0.3 is 0 Å². The maximum Gasteiger partial charge on any atom is 0.242 e. The Morgan fingerprint density at radius 2 is 2.05 bits per heavy atom. The number of nitrogens with two attached hydrogens (primary N) is 1. The van der Waals surface area contributed by atoms with Crippen molar-refractivity contribution in [1.82, 2.24) is 4.72 Å². The first-order valence-electron chi connectivity index (χ1n) is 5.94. The summed E-state index contributed by atoms with van der Waals surface area (Å²) >= 11 is 5.88. The Balaban J connectivity index is 3.00. The number of nitrogen functional groups attached to an aromatic ring is 1. The van der Waals surface area contributed by atoms with E-state index < -0.39 is 16.1 Å². The highest BCUT2D eigenvalue weighted by atomic mass is 35.5. The molecule has 0 aliphatic rings. The molecule has 5 nitrogen and oxygen atoms in total. The minimum Gasteiger partial charge on any atom is -0.399 e. The Labute approximate surface area is 118 Å². The van der Waals surface area contributed by atoms with Crippen LogP contribution in [0.3, 0.4) is 0 Å². The smallest absolute Gasteiger partial charge is 0.242 e. The van der Waals surface area contributed by atoms with Crippen LogP contribution in [-0.4, -0.2) is 26.2 Å². The van der Waals surface area contributed by atoms with E-state index in [4.69, 9.17) is 17.3 Å². The predicted octanol–water partition coefficient (Wildman–Crippen LogP) is 1.61. The van der Waals surface area contributed by atoms with Crippen LogP contribution in [0.25, 0.3) is 0 Å². The molecule has 1 aromatic carbocycles. The first-order valence-corrected chi connectivity index (χ1v) is 7.80. The first kappa shape index (κ1) is 16.2. The fraction of sp³-hybridized carbons (Fsp3) is 0.500. The van der Waals surface area contributed by atoms with E-state index in [2.05, 4.69) is 4.72 Å². The molecule has 0 aliphatic carbocycles. The lowest BCUT2D eigenvalue weighted by Crippen LogP contribution is -2.38. The lowest BCUT2D eigenvalue weighted by molar-refractivity contribution is 0.240. The van der Waals surface area contributed by atoms with Crippen LogP contribution in [0.1, 0.15) is 20.3 Å². The van der Waals surface area contributed by atoms with Gasteiger partial charge in [-0.25, -0.2) is 13.1 Å². The number of hydrogen-bond acceptors (Lipinski definition) is 4. The Kier molecular flexibility index (Phi) is 5.61. The Hall–Kier alpha value is -0.820. The van der Waals surface area contributed by atoms with E-state index in [0.29, 0.717) is 12.1 Å². The van der Waals surface area contributed by atoms with Crippen molar-refractivity contribution in [2.75, 3.05) is 12.3 Å². The number of aliphatic hydroxyl groups excluding tert-OH is 1. The van der Waals surface area contributed by atoms with Gasteiger partial charge in [-0.1, -0.05) is 25.4 Å². The van der Waals surface area contributed by atoms with Gasteiger partial charge in [0.05, 0.1) is 11.6 Å². The maximum atomic E-state index is 12.2. The van der Waals surface area contributed by atoms with Gasteiger partial charge in [0.25, 0.3) is 0 Å². The second-order valence-corrected chi connectivity index (χ2v) is 6.91. The zero-order chi connectivity index (χ0) is 14.6. The molecule has 0 fully saturated rings. The molecule has 0 spiro atoms. The van der Waals surface area contributed by atoms with Crippen LogP contribution in [0.2, 0.25) is 5.02 Å². The van der Waals surface area contributed by atoms with Gasteiger partial charge in [-0.3, -0.25) is 0 Å². The molecule has 1 aromatic rings. The van der Waals surface area contributed by atoms with Gasteiger partial charge in [0, 0.05) is 11.7 Å². The highest BCUT2D eigenvalue weighted by Gasteiger charge is 2.22. The molecule has 19 heavy (non-hydrogen) atoms. The van der Waals surface area contributed by atoms with E-state index >= 15 is 0 Å². The Morgan fingerprint density at radius 3 is 2.58 bits per heavy atom. The summed E-state index contributed by atoms with van der Waals surface area (Å²) in [4.78, 5) is -0.0728. The molecule has 0 heterocycles. The van der Waals surface area contributed by atoms with E-state index in [-0.39, 0.29) is 22.4 Å². The molecule has 0 aromatic heterocycles. The number of hydrogen-bond donors (Lipinski definition) is 3. The van der Waals surface area contributed by atoms with Gasteiger partial charge in [-0.2, -0.15) is 0 Å². The Morgan fingerprint density at radius 1 is 1.42 bits per heavy atom. The largest absolute Gasteiger partial charge is 0.399 e. The highest BCUT2D eigenvalue weighted by molar-refractivity contribution is 7.89. The molecule has 0 amide bonds. The summed E-state index contributed by atoms with van der Waals surface area (Å²) in [5, 5.41) is 9.32. The summed E-state index contributed by atoms with van der Waals surface area (Å²) in [5.41, 5.74) is 5.88. The maximum absolute atomic E-state index is 12.2. The molecule has 108 valence electrons. The molecule has 0 bridgehead atoms. The minimum absolute atomic E-state index is 0.0728. The average molecular weight is 307 g/mol. The summed E-state index contributed by atoms with van der Waals surface area (Å²) in [5.74, 6) is 0.260. The molecule has 7 heteroatoms. The van der Waals surface area contributed by atoms with E-state index in [1.165, 1.54) is 18.2 Å². The van der Waals surface area contributed by atoms with Crippen LogP contribution in [0.4, 0.5) is 5.69 Å². The molecule has 4 N–H and O–H groups in total. The van der Waals surface area contributed by atoms with Gasteiger partial charge in [-0.05, 0) is 30.5 Å². The van der Waals surface area contributed by atoms with Crippen LogP contribution in [0.5, 0.6) is 0 Å². The van der Waals surface area contributed by atoms with Gasteiger partial charge < -0.3 is 10.8 Å². The fourth-order valence-corrected chi connectivity index (χ4v) is 3.51. The van der Waals surface area contributed by atoms with Crippen molar-refractivity contribution in [2.45, 2.75) is 31.2 Å². The number of rotatable bonds is 6. The van der Waals surface area contributed by atoms with Gasteiger partial charge in [0.2, 0.25) is 10.0 Å². The number of anilines is 1. The van der Waals surface area contributed by atoms with E-state index in [9.17, 15) is 13.5 Å². The van der Waals surface area contributed by atoms with Crippen molar-refractivity contribution in [1.29, 1.82) is 0 Å². The number of nitrogens with one attached hydrogen (secondary N) is 1. The molecule has 0 radical (unpaired) electrons. The third-order valence-electron chi connectivity index (χ3n) is 2.54. The standard InChI is InChI=1S/C12H19ClN2O3S/c1-8(2)5-10(7-16)15-19(17,18)12-6-9(14)3-4-11(12)13/h3-4,6,8,10,15-16H,5,7,14H2,1-2H3. The molecule has 1 unspecified atom stereocenters. The second-order valence-electron chi connectivity index (χ2n) is 4.82. The average Bonchev–Trinajstić information content (AvgIpc) is 2.30. The number of benzene rings is 1. The van der Waals surface area contributed by atoms with Crippen molar-refractivity contribution in [3.63, 3.8) is 0 Å². The summed E-state index contributed by atoms with van der Waals surface area (Å²) in [6, 6.07) is 3.72. The van der Waals surface area contributed by atoms with Gasteiger partial charge in [0.15, 0.2) is 0 Å². The van der Waals surface area contributed by atoms with Crippen LogP contribution >= 0.6 is 11.6 Å². The molecule has 0 saturated carbocycles. The van der Waals surface area contributed by atoms with Gasteiger partial charge in [0.1, 0.15) is 4.90 Å². The van der Waals surface area contributed by atoms with Crippen molar-refractivity contribution in [2.24, 2.45) is 5.92 Å². The normalized spacial score (nSPS) is 13.7.